The van der Waals surface area contributed by atoms with Crippen molar-refractivity contribution in [2.45, 2.75) is 26.0 Å². The summed E-state index contributed by atoms with van der Waals surface area (Å²) in [4.78, 5) is 24.5. The van der Waals surface area contributed by atoms with Crippen LogP contribution in [0.5, 0.6) is 5.75 Å². The zero-order valence-corrected chi connectivity index (χ0v) is 18.4. The predicted octanol–water partition coefficient (Wildman–Crippen LogP) is 4.07. The van der Waals surface area contributed by atoms with E-state index in [9.17, 15) is 9.59 Å². The molecule has 0 saturated heterocycles. The number of nitrogens with zero attached hydrogens (tertiary/aromatic N) is 1. The Bertz CT molecular complexity index is 1040. The Kier molecular flexibility index (Phi) is 9.03. The van der Waals surface area contributed by atoms with Gasteiger partial charge >= 0.3 is 6.09 Å². The van der Waals surface area contributed by atoms with Crippen LogP contribution in [0.3, 0.4) is 0 Å². The van der Waals surface area contributed by atoms with Crippen molar-refractivity contribution in [2.24, 2.45) is 5.10 Å². The highest BCUT2D eigenvalue weighted by atomic mass is 16.5. The van der Waals surface area contributed by atoms with Gasteiger partial charge < -0.3 is 14.8 Å². The minimum absolute atomic E-state index is 0.217. The Morgan fingerprint density at radius 3 is 2.18 bits per heavy atom. The minimum Gasteiger partial charge on any atom is -0.489 e. The van der Waals surface area contributed by atoms with Crippen molar-refractivity contribution in [1.29, 1.82) is 0 Å². The number of hydrazone groups is 1. The summed E-state index contributed by atoms with van der Waals surface area (Å²) in [5, 5.41) is 6.61. The predicted molar refractivity (Wildman–Crippen MR) is 127 cm³/mol. The number of amides is 2. The molecule has 3 aromatic rings. The number of hydrogen-bond donors (Lipinski definition) is 2. The molecule has 2 amide bonds. The standard InChI is InChI=1S/C26H27N3O4/c1-2-32-26(31)28-24(17-20-9-5-3-6-10-20)25(30)29-27-18-21-13-15-23(16-14-21)33-19-22-11-7-4-8-12-22/h3-16,18,24H,2,17,19H2,1H3,(H,28,31)(H,29,30)/b27-18-/t24-/m1/s1. The molecule has 33 heavy (non-hydrogen) atoms. The normalized spacial score (nSPS) is 11.5. The number of carbonyl (C=O) groups excluding carboxylic acids is 2. The molecule has 0 aliphatic heterocycles. The lowest BCUT2D eigenvalue weighted by atomic mass is 10.1. The molecule has 170 valence electrons. The van der Waals surface area contributed by atoms with E-state index in [1.807, 2.05) is 84.9 Å². The maximum atomic E-state index is 12.6. The van der Waals surface area contributed by atoms with E-state index in [-0.39, 0.29) is 6.61 Å². The fourth-order valence-electron chi connectivity index (χ4n) is 3.01. The smallest absolute Gasteiger partial charge is 0.407 e. The lowest BCUT2D eigenvalue weighted by Gasteiger charge is -2.16. The molecule has 0 radical (unpaired) electrons. The summed E-state index contributed by atoms with van der Waals surface area (Å²) < 4.78 is 10.7. The molecule has 7 nitrogen and oxygen atoms in total. The first-order chi connectivity index (χ1) is 16.1. The molecular weight excluding hydrogens is 418 g/mol. The van der Waals surface area contributed by atoms with Crippen LogP contribution in [-0.4, -0.2) is 30.9 Å². The van der Waals surface area contributed by atoms with Crippen LogP contribution in [0, 0.1) is 0 Å². The van der Waals surface area contributed by atoms with E-state index >= 15 is 0 Å². The lowest BCUT2D eigenvalue weighted by Crippen LogP contribution is -2.47. The van der Waals surface area contributed by atoms with Gasteiger partial charge in [0.15, 0.2) is 0 Å². The monoisotopic (exact) mass is 445 g/mol. The van der Waals surface area contributed by atoms with Gasteiger partial charge in [-0.25, -0.2) is 10.2 Å². The van der Waals surface area contributed by atoms with Gasteiger partial charge in [0.1, 0.15) is 18.4 Å². The summed E-state index contributed by atoms with van der Waals surface area (Å²) in [6.45, 7) is 2.41. The van der Waals surface area contributed by atoms with Crippen LogP contribution < -0.4 is 15.5 Å². The van der Waals surface area contributed by atoms with Gasteiger partial charge in [-0.3, -0.25) is 4.79 Å². The largest absolute Gasteiger partial charge is 0.489 e. The molecule has 0 heterocycles. The van der Waals surface area contributed by atoms with Crippen LogP contribution in [0.2, 0.25) is 0 Å². The van der Waals surface area contributed by atoms with Crippen molar-refractivity contribution in [3.63, 3.8) is 0 Å². The second-order valence-electron chi connectivity index (χ2n) is 7.18. The number of carbonyl (C=O) groups is 2. The number of hydrogen-bond acceptors (Lipinski definition) is 5. The molecule has 1 atom stereocenters. The maximum Gasteiger partial charge on any atom is 0.407 e. The molecule has 0 unspecified atom stereocenters. The first-order valence-corrected chi connectivity index (χ1v) is 10.7. The van der Waals surface area contributed by atoms with Crippen LogP contribution in [0.4, 0.5) is 4.79 Å². The summed E-state index contributed by atoms with van der Waals surface area (Å²) in [5.74, 6) is 0.299. The van der Waals surface area contributed by atoms with E-state index in [0.29, 0.717) is 13.0 Å². The molecule has 0 aromatic heterocycles. The molecule has 0 saturated carbocycles. The first kappa shape index (κ1) is 23.5. The minimum atomic E-state index is -0.822. The topological polar surface area (TPSA) is 89.0 Å². The third-order valence-electron chi connectivity index (χ3n) is 4.68. The summed E-state index contributed by atoms with van der Waals surface area (Å²) in [5.41, 5.74) is 5.28. The third-order valence-corrected chi connectivity index (χ3v) is 4.68. The zero-order valence-electron chi connectivity index (χ0n) is 18.4. The summed E-state index contributed by atoms with van der Waals surface area (Å²) >= 11 is 0. The Balaban J connectivity index is 1.54. The zero-order chi connectivity index (χ0) is 23.3. The highest BCUT2D eigenvalue weighted by Gasteiger charge is 2.21. The Morgan fingerprint density at radius 2 is 1.55 bits per heavy atom. The highest BCUT2D eigenvalue weighted by molar-refractivity contribution is 5.87. The summed E-state index contributed by atoms with van der Waals surface area (Å²) in [6.07, 6.45) is 1.20. The van der Waals surface area contributed by atoms with Crippen molar-refractivity contribution in [3.8, 4) is 5.75 Å². The van der Waals surface area contributed by atoms with Gasteiger partial charge in [0.2, 0.25) is 0 Å². The van der Waals surface area contributed by atoms with Gasteiger partial charge in [0.05, 0.1) is 12.8 Å². The van der Waals surface area contributed by atoms with Crippen LogP contribution in [-0.2, 0) is 22.6 Å². The van der Waals surface area contributed by atoms with Crippen molar-refractivity contribution in [2.75, 3.05) is 6.61 Å². The molecule has 3 aromatic carbocycles. The SMILES string of the molecule is CCOC(=O)N[C@H](Cc1ccccc1)C(=O)N/N=C\c1ccc(OCc2ccccc2)cc1. The molecule has 0 bridgehead atoms. The van der Waals surface area contributed by atoms with Crippen LogP contribution in [0.1, 0.15) is 23.6 Å². The molecule has 0 fully saturated rings. The molecule has 0 spiro atoms. The Morgan fingerprint density at radius 1 is 0.909 bits per heavy atom. The average molecular weight is 446 g/mol. The van der Waals surface area contributed by atoms with Crippen molar-refractivity contribution >= 4 is 18.2 Å². The molecule has 3 rings (SSSR count). The van der Waals surface area contributed by atoms with Gasteiger partial charge in [-0.05, 0) is 47.9 Å². The number of alkyl carbamates (subject to hydrolysis) is 1. The van der Waals surface area contributed by atoms with Crippen LogP contribution >= 0.6 is 0 Å². The molecule has 0 aliphatic rings. The van der Waals surface area contributed by atoms with E-state index in [1.165, 1.54) is 6.21 Å². The van der Waals surface area contributed by atoms with Gasteiger partial charge in [0, 0.05) is 6.42 Å². The van der Waals surface area contributed by atoms with Crippen molar-refractivity contribution in [1.82, 2.24) is 10.7 Å². The van der Waals surface area contributed by atoms with E-state index in [2.05, 4.69) is 15.8 Å². The first-order valence-electron chi connectivity index (χ1n) is 10.7. The van der Waals surface area contributed by atoms with Gasteiger partial charge in [0.25, 0.3) is 5.91 Å². The van der Waals surface area contributed by atoms with Gasteiger partial charge in [-0.1, -0.05) is 60.7 Å². The number of benzene rings is 3. The van der Waals surface area contributed by atoms with E-state index < -0.39 is 18.0 Å². The van der Waals surface area contributed by atoms with E-state index in [0.717, 1.165) is 22.4 Å². The number of rotatable bonds is 10. The fourth-order valence-corrected chi connectivity index (χ4v) is 3.01. The van der Waals surface area contributed by atoms with Crippen LogP contribution in [0.15, 0.2) is 90.0 Å². The van der Waals surface area contributed by atoms with Gasteiger partial charge in [-0.2, -0.15) is 5.10 Å². The number of ether oxygens (including phenoxy) is 2. The number of nitrogens with one attached hydrogen (secondary N) is 2. The molecule has 2 N–H and O–H groups in total. The van der Waals surface area contributed by atoms with Crippen molar-refractivity contribution in [3.05, 3.63) is 102 Å². The quantitative estimate of drug-likeness (QED) is 0.364. The Hall–Kier alpha value is -4.13. The summed E-state index contributed by atoms with van der Waals surface area (Å²) in [7, 11) is 0. The Labute approximate surface area is 193 Å². The highest BCUT2D eigenvalue weighted by Crippen LogP contribution is 2.13. The van der Waals surface area contributed by atoms with E-state index in [1.54, 1.807) is 6.92 Å². The third kappa shape index (κ3) is 8.14. The molecule has 0 aliphatic carbocycles. The lowest BCUT2D eigenvalue weighted by molar-refractivity contribution is -0.123. The average Bonchev–Trinajstić information content (AvgIpc) is 2.84. The summed E-state index contributed by atoms with van der Waals surface area (Å²) in [6, 6.07) is 25.9. The van der Waals surface area contributed by atoms with Gasteiger partial charge in [-0.15, -0.1) is 0 Å². The van der Waals surface area contributed by atoms with Crippen molar-refractivity contribution < 1.29 is 19.1 Å². The molecule has 7 heteroatoms. The fraction of sp³-hybridized carbons (Fsp3) is 0.192. The van der Waals surface area contributed by atoms with E-state index in [4.69, 9.17) is 9.47 Å². The maximum absolute atomic E-state index is 12.6. The van der Waals surface area contributed by atoms with Crippen LogP contribution in [0.25, 0.3) is 0 Å². The molecular formula is C26H27N3O4. The second-order valence-corrected chi connectivity index (χ2v) is 7.18. The second kappa shape index (κ2) is 12.7.